The second-order valence-electron chi connectivity index (χ2n) is 21.7. The number of ether oxygens (including phenoxy) is 4. The van der Waals surface area contributed by atoms with Gasteiger partial charge in [0, 0.05) is 123 Å². The number of hydrogen-bond acceptors (Lipinski definition) is 13. The van der Waals surface area contributed by atoms with Crippen LogP contribution in [0.25, 0.3) is 66.1 Å². The van der Waals surface area contributed by atoms with Gasteiger partial charge in [-0.25, -0.2) is 4.68 Å². The number of alkyl halides is 2. The number of carbonyl (C=O) groups excluding carboxylic acids is 3. The standard InChI is InChI=1S/C23H21N3O2.C22H22N2O4.C20H20F2N4O2.CH4/c1-14(18-12-23(27)26-13-18)28-22-11-17(10-21-19(22)3-2-7-24-21)16-5-4-15-6-8-25-20(15)9-16;1-13(16-11-22(26)24-12-16)28-20-10-15(8-18-17(20)4-3-7-23-18)14-5-6-19(25)21(9-14)27-2;1-12(14-8-19(27)24-9-14)28-18-7-13(6-17-16(18)4-3-5-23-17)15-10-25-26(11-15)20(2,21)22;/h2-5,7-11,14,18H,6,12-13H2,1H3,(H,26,27);3-10,13,16,25H,11-12H2,1-2H3,(H,24,26);3-7,10-12,14H,8-9H2,1-2H3,(H,24,27);1H4/t14-,18-;13-,16-;12-,14-;/m111./s1. The van der Waals surface area contributed by atoms with Gasteiger partial charge in [0.2, 0.25) is 17.7 Å². The first-order chi connectivity index (χ1) is 40.5. The Morgan fingerprint density at radius 3 is 1.41 bits per heavy atom. The number of pyridine rings is 3. The number of hydrogen-bond donors (Lipinski definition) is 4. The smallest absolute Gasteiger partial charge is 0.340 e. The molecule has 6 atom stereocenters. The van der Waals surface area contributed by atoms with Crippen LogP contribution in [-0.4, -0.2) is 98.8 Å². The van der Waals surface area contributed by atoms with Gasteiger partial charge in [-0.05, 0) is 145 Å². The lowest BCUT2D eigenvalue weighted by atomic mass is 9.99. The zero-order chi connectivity index (χ0) is 58.6. The summed E-state index contributed by atoms with van der Waals surface area (Å²) in [4.78, 5) is 52.5. The van der Waals surface area contributed by atoms with Crippen LogP contribution in [0.15, 0.2) is 145 Å². The molecule has 4 aliphatic heterocycles. The first kappa shape index (κ1) is 58.7. The van der Waals surface area contributed by atoms with Crippen molar-refractivity contribution in [1.82, 2.24) is 40.7 Å². The van der Waals surface area contributed by atoms with Crippen molar-refractivity contribution < 1.29 is 47.2 Å². The van der Waals surface area contributed by atoms with Crippen LogP contribution in [0.4, 0.5) is 14.5 Å². The third kappa shape index (κ3) is 13.3. The second-order valence-corrected chi connectivity index (χ2v) is 21.7. The minimum absolute atomic E-state index is 0. The molecule has 0 spiro atoms. The van der Waals surface area contributed by atoms with Crippen LogP contribution in [0.3, 0.4) is 0 Å². The van der Waals surface area contributed by atoms with Crippen LogP contribution in [0.1, 0.15) is 59.9 Å². The second kappa shape index (κ2) is 25.1. The molecule has 3 saturated heterocycles. The van der Waals surface area contributed by atoms with E-state index in [1.54, 1.807) is 36.8 Å². The third-order valence-corrected chi connectivity index (χ3v) is 15.8. The van der Waals surface area contributed by atoms with Crippen molar-refractivity contribution in [2.24, 2.45) is 22.7 Å². The van der Waals surface area contributed by atoms with Crippen molar-refractivity contribution in [3.63, 3.8) is 0 Å². The summed E-state index contributed by atoms with van der Waals surface area (Å²) in [5, 5.41) is 24.9. The number of amides is 3. The van der Waals surface area contributed by atoms with Gasteiger partial charge in [-0.1, -0.05) is 25.6 Å². The molecule has 0 radical (unpaired) electrons. The number of benzene rings is 5. The summed E-state index contributed by atoms with van der Waals surface area (Å²) in [6.07, 6.45) is 11.8. The Labute approximate surface area is 490 Å². The normalized spacial score (nSPS) is 18.0. The van der Waals surface area contributed by atoms with E-state index in [1.165, 1.54) is 25.1 Å². The number of aliphatic imine (C=N–C) groups is 1. The number of carbonyl (C=O) groups is 3. The van der Waals surface area contributed by atoms with E-state index in [-0.39, 0.29) is 67.0 Å². The van der Waals surface area contributed by atoms with E-state index in [9.17, 15) is 28.3 Å². The Morgan fingerprint density at radius 1 is 0.576 bits per heavy atom. The zero-order valence-corrected chi connectivity index (χ0v) is 47.0. The van der Waals surface area contributed by atoms with Crippen molar-refractivity contribution in [2.45, 2.75) is 85.2 Å². The number of methoxy groups -OCH3 is 1. The van der Waals surface area contributed by atoms with E-state index in [0.717, 1.165) is 80.0 Å². The molecule has 438 valence electrons. The zero-order valence-electron chi connectivity index (χ0n) is 47.0. The van der Waals surface area contributed by atoms with E-state index in [1.807, 2.05) is 87.6 Å². The SMILES string of the molecule is C.COc1cc(-c2cc(O[C@H](C)[C@H]3CNC(=O)C3)c3cccnc3c2)ccc1O.C[C@@H](Oc1cc(-c2ccc3c(c2)N=CC3)cc2ncccc12)[C@H]1CNC(=O)C1.C[C@@H](Oc1cc(-c2cnn(C(C)(F)F)c2)cc2ncccc12)[C@H]1CNC(=O)C1. The summed E-state index contributed by atoms with van der Waals surface area (Å²) in [7, 11) is 1.52. The van der Waals surface area contributed by atoms with E-state index in [2.05, 4.69) is 71.3 Å². The van der Waals surface area contributed by atoms with Gasteiger partial charge in [0.15, 0.2) is 11.5 Å². The van der Waals surface area contributed by atoms with Gasteiger partial charge in [0.25, 0.3) is 0 Å². The van der Waals surface area contributed by atoms with Crippen LogP contribution in [0, 0.1) is 17.8 Å². The molecule has 5 aromatic carbocycles. The number of phenols is 1. The lowest BCUT2D eigenvalue weighted by Gasteiger charge is -2.21. The van der Waals surface area contributed by atoms with Crippen LogP contribution in [0.5, 0.6) is 28.7 Å². The summed E-state index contributed by atoms with van der Waals surface area (Å²) in [6.45, 7) is 8.61. The minimum atomic E-state index is -3.08. The predicted molar refractivity (Wildman–Crippen MR) is 324 cm³/mol. The van der Waals surface area contributed by atoms with Gasteiger partial charge in [0.1, 0.15) is 35.6 Å². The summed E-state index contributed by atoms with van der Waals surface area (Å²) >= 11 is 0. The van der Waals surface area contributed by atoms with Crippen LogP contribution in [-0.2, 0) is 26.9 Å². The molecule has 4 aromatic heterocycles. The lowest BCUT2D eigenvalue weighted by Crippen LogP contribution is -2.25. The van der Waals surface area contributed by atoms with Gasteiger partial charge in [-0.2, -0.15) is 13.9 Å². The van der Waals surface area contributed by atoms with E-state index >= 15 is 0 Å². The third-order valence-electron chi connectivity index (χ3n) is 15.8. The van der Waals surface area contributed by atoms with E-state index in [4.69, 9.17) is 18.9 Å². The van der Waals surface area contributed by atoms with Gasteiger partial charge < -0.3 is 40.0 Å². The number of aromatic hydroxyl groups is 1. The highest BCUT2D eigenvalue weighted by atomic mass is 19.3. The molecular weight excluding hydrogens is 1080 g/mol. The molecule has 9 aromatic rings. The minimum Gasteiger partial charge on any atom is -0.504 e. The monoisotopic (exact) mass is 1150 g/mol. The summed E-state index contributed by atoms with van der Waals surface area (Å²) in [5.41, 5.74) is 9.87. The number of halogens is 2. The van der Waals surface area contributed by atoms with Gasteiger partial charge >= 0.3 is 6.05 Å². The molecule has 4 aliphatic rings. The van der Waals surface area contributed by atoms with Crippen molar-refractivity contribution in [1.29, 1.82) is 0 Å². The Balaban J connectivity index is 0.000000141. The Bertz CT molecular complexity index is 3980. The number of nitrogens with zero attached hydrogens (tertiary/aromatic N) is 6. The molecule has 4 N–H and O–H groups in total. The molecule has 13 rings (SSSR count). The van der Waals surface area contributed by atoms with Gasteiger partial charge in [-0.15, -0.1) is 0 Å². The van der Waals surface area contributed by atoms with Crippen molar-refractivity contribution in [3.8, 4) is 62.1 Å². The molecule has 0 aliphatic carbocycles. The maximum atomic E-state index is 13.5. The molecule has 19 heteroatoms. The van der Waals surface area contributed by atoms with E-state index in [0.29, 0.717) is 71.7 Å². The molecule has 3 amide bonds. The first-order valence-corrected chi connectivity index (χ1v) is 28.0. The topological polar surface area (TPSA) is 213 Å². The van der Waals surface area contributed by atoms with Crippen molar-refractivity contribution in [3.05, 3.63) is 146 Å². The van der Waals surface area contributed by atoms with Gasteiger partial charge in [0.05, 0.1) is 35.5 Å². The molecule has 0 saturated carbocycles. The van der Waals surface area contributed by atoms with Crippen molar-refractivity contribution >= 4 is 62.3 Å². The van der Waals surface area contributed by atoms with Crippen molar-refractivity contribution in [2.75, 3.05) is 26.7 Å². The molecular formula is C66H67F2N9O8. The van der Waals surface area contributed by atoms with Crippen LogP contribution < -0.4 is 34.9 Å². The summed E-state index contributed by atoms with van der Waals surface area (Å²) < 4.78 is 51.7. The highest BCUT2D eigenvalue weighted by Crippen LogP contribution is 2.40. The fraction of sp³-hybridized carbons (Fsp3) is 0.303. The summed E-state index contributed by atoms with van der Waals surface area (Å²) in [6, 6.07) is 31.8. The van der Waals surface area contributed by atoms with E-state index < -0.39 is 6.05 Å². The molecule has 0 bridgehead atoms. The molecule has 3 fully saturated rings. The molecule has 8 heterocycles. The average Bonchev–Trinajstić information content (AvgIpc) is 4.49. The fourth-order valence-electron chi connectivity index (χ4n) is 10.8. The predicted octanol–water partition coefficient (Wildman–Crippen LogP) is 11.8. The fourth-order valence-corrected chi connectivity index (χ4v) is 10.8. The Hall–Kier alpha value is -9.52. The first-order valence-electron chi connectivity index (χ1n) is 28.0. The molecule has 85 heavy (non-hydrogen) atoms. The van der Waals surface area contributed by atoms with Crippen LogP contribution >= 0.6 is 0 Å². The quantitative estimate of drug-likeness (QED) is 0.0801. The average molecular weight is 1150 g/mol. The number of rotatable bonds is 14. The number of fused-ring (bicyclic) bond motifs is 4. The largest absolute Gasteiger partial charge is 0.504 e. The maximum Gasteiger partial charge on any atom is 0.340 e. The number of aromatic nitrogens is 5. The Kier molecular flexibility index (Phi) is 17.4. The number of nitrogens with one attached hydrogen (secondary N) is 3. The molecule has 17 nitrogen and oxygen atoms in total. The molecule has 0 unspecified atom stereocenters. The van der Waals surface area contributed by atoms with Crippen LogP contribution in [0.2, 0.25) is 0 Å². The lowest BCUT2D eigenvalue weighted by molar-refractivity contribution is -0.120. The maximum absolute atomic E-state index is 13.5. The highest BCUT2D eigenvalue weighted by molar-refractivity contribution is 5.93. The summed E-state index contributed by atoms with van der Waals surface area (Å²) in [5.74, 6) is 3.20. The number of phenolic OH excluding ortho intramolecular Hbond substituents is 1. The van der Waals surface area contributed by atoms with Gasteiger partial charge in [-0.3, -0.25) is 34.3 Å². The Morgan fingerprint density at radius 2 is 1.00 bits per heavy atom. The highest BCUT2D eigenvalue weighted by Gasteiger charge is 2.32.